The monoisotopic (exact) mass is 238 g/mol. The first-order valence-corrected chi connectivity index (χ1v) is 6.44. The number of alkyl halides is 1. The highest BCUT2D eigenvalue weighted by Gasteiger charge is 2.40. The molecular weight excluding hydrogens is 220 g/mol. The molecule has 0 bridgehead atoms. The molecular formula is C14H19ClO. The lowest BCUT2D eigenvalue weighted by Gasteiger charge is -2.15. The second kappa shape index (κ2) is 4.67. The highest BCUT2D eigenvalue weighted by Crippen LogP contribution is 2.51. The van der Waals surface area contributed by atoms with E-state index in [1.807, 2.05) is 13.0 Å². The molecule has 0 saturated heterocycles. The summed E-state index contributed by atoms with van der Waals surface area (Å²) in [6.45, 7) is 7.06. The molecule has 3 unspecified atom stereocenters. The quantitative estimate of drug-likeness (QED) is 0.710. The van der Waals surface area contributed by atoms with Crippen molar-refractivity contribution >= 4 is 11.6 Å². The Morgan fingerprint density at radius 1 is 1.50 bits per heavy atom. The van der Waals surface area contributed by atoms with Crippen LogP contribution in [0.2, 0.25) is 0 Å². The van der Waals surface area contributed by atoms with Crippen LogP contribution in [0.15, 0.2) is 18.2 Å². The van der Waals surface area contributed by atoms with E-state index in [2.05, 4.69) is 26.0 Å². The van der Waals surface area contributed by atoms with E-state index in [0.717, 1.165) is 17.2 Å². The zero-order valence-electron chi connectivity index (χ0n) is 10.2. The van der Waals surface area contributed by atoms with Gasteiger partial charge in [-0.2, -0.15) is 0 Å². The summed E-state index contributed by atoms with van der Waals surface area (Å²) in [4.78, 5) is 0. The summed E-state index contributed by atoms with van der Waals surface area (Å²) in [5.74, 6) is 2.34. The van der Waals surface area contributed by atoms with Crippen LogP contribution in [0, 0.1) is 18.8 Å². The lowest BCUT2D eigenvalue weighted by atomic mass is 10.0. The molecule has 0 amide bonds. The number of benzene rings is 1. The maximum atomic E-state index is 6.53. The third-order valence-electron chi connectivity index (χ3n) is 3.31. The van der Waals surface area contributed by atoms with Gasteiger partial charge in [0.15, 0.2) is 0 Å². The van der Waals surface area contributed by atoms with Crippen molar-refractivity contribution in [3.63, 3.8) is 0 Å². The Hall–Kier alpha value is -0.690. The second-order valence-electron chi connectivity index (χ2n) is 4.75. The molecule has 2 rings (SSSR count). The Bertz CT molecular complexity index is 375. The van der Waals surface area contributed by atoms with E-state index < -0.39 is 0 Å². The zero-order chi connectivity index (χ0) is 11.7. The van der Waals surface area contributed by atoms with Gasteiger partial charge in [-0.05, 0) is 38.2 Å². The SMILES string of the molecule is CCOc1ccc(C)cc1C(Cl)C1CC1C. The number of hydrogen-bond acceptors (Lipinski definition) is 1. The van der Waals surface area contributed by atoms with Gasteiger partial charge in [0.2, 0.25) is 0 Å². The molecule has 3 atom stereocenters. The second-order valence-corrected chi connectivity index (χ2v) is 5.22. The molecule has 1 aromatic carbocycles. The molecule has 1 aromatic rings. The molecule has 2 heteroatoms. The topological polar surface area (TPSA) is 9.23 Å². The van der Waals surface area contributed by atoms with E-state index in [0.29, 0.717) is 12.5 Å². The van der Waals surface area contributed by atoms with Gasteiger partial charge in [0.1, 0.15) is 5.75 Å². The fraction of sp³-hybridized carbons (Fsp3) is 0.571. The minimum atomic E-state index is 0.108. The minimum absolute atomic E-state index is 0.108. The van der Waals surface area contributed by atoms with E-state index in [1.165, 1.54) is 12.0 Å². The fourth-order valence-corrected chi connectivity index (χ4v) is 2.68. The molecule has 0 aromatic heterocycles. The van der Waals surface area contributed by atoms with Gasteiger partial charge >= 0.3 is 0 Å². The van der Waals surface area contributed by atoms with Gasteiger partial charge in [0.05, 0.1) is 12.0 Å². The number of aryl methyl sites for hydroxylation is 1. The first kappa shape index (κ1) is 11.8. The van der Waals surface area contributed by atoms with Crippen LogP contribution in [0.25, 0.3) is 0 Å². The minimum Gasteiger partial charge on any atom is -0.494 e. The van der Waals surface area contributed by atoms with Crippen molar-refractivity contribution in [3.05, 3.63) is 29.3 Å². The summed E-state index contributed by atoms with van der Waals surface area (Å²) < 4.78 is 5.64. The van der Waals surface area contributed by atoms with Crippen LogP contribution in [-0.2, 0) is 0 Å². The van der Waals surface area contributed by atoms with Gasteiger partial charge in [0, 0.05) is 5.56 Å². The number of ether oxygens (including phenoxy) is 1. The normalized spacial score (nSPS) is 25.2. The summed E-state index contributed by atoms with van der Waals surface area (Å²) >= 11 is 6.53. The Morgan fingerprint density at radius 2 is 2.19 bits per heavy atom. The number of halogens is 1. The highest BCUT2D eigenvalue weighted by molar-refractivity contribution is 6.21. The standard InChI is InChI=1S/C14H19ClO/c1-4-16-13-6-5-9(2)7-12(13)14(15)11-8-10(11)3/h5-7,10-11,14H,4,8H2,1-3H3. The molecule has 1 aliphatic rings. The number of hydrogen-bond donors (Lipinski definition) is 0. The third-order valence-corrected chi connectivity index (χ3v) is 3.87. The Kier molecular flexibility index (Phi) is 3.44. The lowest BCUT2D eigenvalue weighted by Crippen LogP contribution is -2.01. The van der Waals surface area contributed by atoms with Crippen LogP contribution in [0.1, 0.15) is 36.8 Å². The van der Waals surface area contributed by atoms with Crippen molar-refractivity contribution < 1.29 is 4.74 Å². The van der Waals surface area contributed by atoms with Crippen molar-refractivity contribution in [1.82, 2.24) is 0 Å². The maximum absolute atomic E-state index is 6.53. The third kappa shape index (κ3) is 2.35. The van der Waals surface area contributed by atoms with Crippen LogP contribution in [-0.4, -0.2) is 6.61 Å². The summed E-state index contributed by atoms with van der Waals surface area (Å²) in [6, 6.07) is 6.28. The molecule has 0 radical (unpaired) electrons. The van der Waals surface area contributed by atoms with Crippen LogP contribution >= 0.6 is 11.6 Å². The Labute approximate surface area is 103 Å². The highest BCUT2D eigenvalue weighted by atomic mass is 35.5. The predicted molar refractivity (Wildman–Crippen MR) is 68.2 cm³/mol. The van der Waals surface area contributed by atoms with Gasteiger partial charge in [-0.15, -0.1) is 11.6 Å². The fourth-order valence-electron chi connectivity index (χ4n) is 2.16. The van der Waals surface area contributed by atoms with Gasteiger partial charge in [0.25, 0.3) is 0 Å². The van der Waals surface area contributed by atoms with Crippen LogP contribution in [0.5, 0.6) is 5.75 Å². The molecule has 0 spiro atoms. The summed E-state index contributed by atoms with van der Waals surface area (Å²) in [5, 5.41) is 0.108. The van der Waals surface area contributed by atoms with E-state index in [9.17, 15) is 0 Å². The smallest absolute Gasteiger partial charge is 0.123 e. The van der Waals surface area contributed by atoms with E-state index in [1.54, 1.807) is 0 Å². The average molecular weight is 239 g/mol. The Morgan fingerprint density at radius 3 is 2.75 bits per heavy atom. The lowest BCUT2D eigenvalue weighted by molar-refractivity contribution is 0.335. The number of rotatable bonds is 4. The molecule has 0 aliphatic heterocycles. The van der Waals surface area contributed by atoms with E-state index in [4.69, 9.17) is 16.3 Å². The van der Waals surface area contributed by atoms with Crippen molar-refractivity contribution in [2.24, 2.45) is 11.8 Å². The van der Waals surface area contributed by atoms with Gasteiger partial charge in [-0.3, -0.25) is 0 Å². The average Bonchev–Trinajstić information content (AvgIpc) is 2.97. The predicted octanol–water partition coefficient (Wildman–Crippen LogP) is 4.33. The van der Waals surface area contributed by atoms with Gasteiger partial charge < -0.3 is 4.74 Å². The first-order valence-electron chi connectivity index (χ1n) is 6.01. The van der Waals surface area contributed by atoms with E-state index in [-0.39, 0.29) is 5.38 Å². The Balaban J connectivity index is 2.25. The summed E-state index contributed by atoms with van der Waals surface area (Å²) in [6.07, 6.45) is 1.24. The van der Waals surface area contributed by atoms with Crippen molar-refractivity contribution in [1.29, 1.82) is 0 Å². The summed E-state index contributed by atoms with van der Waals surface area (Å²) in [5.41, 5.74) is 2.41. The molecule has 0 N–H and O–H groups in total. The molecule has 16 heavy (non-hydrogen) atoms. The van der Waals surface area contributed by atoms with Crippen molar-refractivity contribution in [2.75, 3.05) is 6.61 Å². The first-order chi connectivity index (χ1) is 7.63. The molecule has 1 aliphatic carbocycles. The maximum Gasteiger partial charge on any atom is 0.123 e. The molecule has 0 heterocycles. The van der Waals surface area contributed by atoms with Crippen molar-refractivity contribution in [2.45, 2.75) is 32.6 Å². The molecule has 1 nitrogen and oxygen atoms in total. The molecule has 1 saturated carbocycles. The largest absolute Gasteiger partial charge is 0.494 e. The van der Waals surface area contributed by atoms with Gasteiger partial charge in [-0.25, -0.2) is 0 Å². The molecule has 1 fully saturated rings. The summed E-state index contributed by atoms with van der Waals surface area (Å²) in [7, 11) is 0. The van der Waals surface area contributed by atoms with Crippen LogP contribution in [0.3, 0.4) is 0 Å². The van der Waals surface area contributed by atoms with Gasteiger partial charge in [-0.1, -0.05) is 24.6 Å². The zero-order valence-corrected chi connectivity index (χ0v) is 10.9. The van der Waals surface area contributed by atoms with Crippen molar-refractivity contribution in [3.8, 4) is 5.75 Å². The van der Waals surface area contributed by atoms with E-state index >= 15 is 0 Å². The van der Waals surface area contributed by atoms with Crippen LogP contribution < -0.4 is 4.74 Å². The molecule has 88 valence electrons. The van der Waals surface area contributed by atoms with Crippen LogP contribution in [0.4, 0.5) is 0 Å².